The number of fused-ring (bicyclic) bond motifs is 1. The molecule has 0 unspecified atom stereocenters. The van der Waals surface area contributed by atoms with Crippen molar-refractivity contribution in [3.05, 3.63) is 48.7 Å². The van der Waals surface area contributed by atoms with E-state index in [9.17, 15) is 9.90 Å². The van der Waals surface area contributed by atoms with Gasteiger partial charge in [-0.05, 0) is 48.1 Å². The molecule has 3 N–H and O–H groups in total. The predicted molar refractivity (Wildman–Crippen MR) is 121 cm³/mol. The van der Waals surface area contributed by atoms with Crippen LogP contribution >= 0.6 is 0 Å². The molecule has 8 heteroatoms. The summed E-state index contributed by atoms with van der Waals surface area (Å²) >= 11 is 0. The van der Waals surface area contributed by atoms with Gasteiger partial charge in [0.2, 0.25) is 0 Å². The first-order valence-electron chi connectivity index (χ1n) is 10.2. The maximum atomic E-state index is 11.5. The minimum Gasteiger partial charge on any atom is -0.508 e. The van der Waals surface area contributed by atoms with Crippen LogP contribution in [0.2, 0.25) is 18.1 Å². The maximum absolute atomic E-state index is 11.5. The van der Waals surface area contributed by atoms with Gasteiger partial charge in [0.25, 0.3) is 5.91 Å². The van der Waals surface area contributed by atoms with Crippen LogP contribution in [0.4, 0.5) is 0 Å². The number of amides is 1. The average Bonchev–Trinajstić information content (AvgIpc) is 3.28. The molecule has 0 saturated carbocycles. The Morgan fingerprint density at radius 3 is 2.67 bits per heavy atom. The molecule has 7 nitrogen and oxygen atoms in total. The van der Waals surface area contributed by atoms with E-state index in [4.69, 9.17) is 10.2 Å². The fourth-order valence-corrected chi connectivity index (χ4v) is 4.20. The van der Waals surface area contributed by atoms with E-state index in [0.717, 1.165) is 23.9 Å². The third-order valence-electron chi connectivity index (χ3n) is 6.18. The number of primary amides is 1. The highest BCUT2D eigenvalue weighted by atomic mass is 28.4. The van der Waals surface area contributed by atoms with Crippen molar-refractivity contribution in [3.63, 3.8) is 0 Å². The lowest BCUT2D eigenvalue weighted by Gasteiger charge is -2.37. The third kappa shape index (κ3) is 4.76. The van der Waals surface area contributed by atoms with Gasteiger partial charge in [0.1, 0.15) is 11.4 Å². The first kappa shape index (κ1) is 22.1. The SMILES string of the molecule is CC(C)(C)[Si](C)(C)OC[C@@H](CCn1ccc2ccc(O)cc21)n1cnc(C(N)=O)c1. The quantitative estimate of drug-likeness (QED) is 0.523. The van der Waals surface area contributed by atoms with E-state index in [2.05, 4.69) is 43.4 Å². The fraction of sp³-hybridized carbons (Fsp3) is 0.455. The summed E-state index contributed by atoms with van der Waals surface area (Å²) in [6.07, 6.45) is 6.15. The Bertz CT molecular complexity index is 1030. The molecule has 0 fully saturated rings. The number of rotatable bonds is 8. The summed E-state index contributed by atoms with van der Waals surface area (Å²) in [5, 5.41) is 11.0. The largest absolute Gasteiger partial charge is 0.508 e. The van der Waals surface area contributed by atoms with Crippen LogP contribution in [0.3, 0.4) is 0 Å². The van der Waals surface area contributed by atoms with Crippen LogP contribution in [0.5, 0.6) is 5.75 Å². The molecule has 1 atom stereocenters. The Kier molecular flexibility index (Phi) is 6.10. The molecule has 0 aliphatic rings. The Hall–Kier alpha value is -2.58. The summed E-state index contributed by atoms with van der Waals surface area (Å²) in [6.45, 7) is 12.4. The number of benzene rings is 1. The van der Waals surface area contributed by atoms with Crippen LogP contribution in [0.15, 0.2) is 43.0 Å². The predicted octanol–water partition coefficient (Wildman–Crippen LogP) is 4.30. The van der Waals surface area contributed by atoms with Crippen molar-refractivity contribution in [2.75, 3.05) is 6.61 Å². The van der Waals surface area contributed by atoms with Crippen LogP contribution < -0.4 is 5.73 Å². The minimum absolute atomic E-state index is 0.00878. The van der Waals surface area contributed by atoms with Gasteiger partial charge in [-0.15, -0.1) is 0 Å². The van der Waals surface area contributed by atoms with Gasteiger partial charge in [-0.25, -0.2) is 4.98 Å². The van der Waals surface area contributed by atoms with Crippen LogP contribution in [-0.4, -0.2) is 40.1 Å². The van der Waals surface area contributed by atoms with E-state index in [-0.39, 0.29) is 22.5 Å². The third-order valence-corrected chi connectivity index (χ3v) is 10.7. The fourth-order valence-electron chi connectivity index (χ4n) is 3.16. The number of hydrogen-bond acceptors (Lipinski definition) is 4. The molecule has 0 aliphatic carbocycles. The minimum atomic E-state index is -1.93. The molecule has 2 heterocycles. The number of nitrogens with zero attached hydrogens (tertiary/aromatic N) is 3. The zero-order valence-corrected chi connectivity index (χ0v) is 19.4. The number of aryl methyl sites for hydroxylation is 1. The molecular formula is C22H32N4O3Si. The number of imidazole rings is 1. The molecule has 0 spiro atoms. The molecule has 0 saturated heterocycles. The van der Waals surface area contributed by atoms with Crippen molar-refractivity contribution in [2.45, 2.75) is 57.9 Å². The second-order valence-corrected chi connectivity index (χ2v) is 14.1. The highest BCUT2D eigenvalue weighted by Crippen LogP contribution is 2.37. The topological polar surface area (TPSA) is 95.3 Å². The van der Waals surface area contributed by atoms with Gasteiger partial charge >= 0.3 is 0 Å². The molecule has 30 heavy (non-hydrogen) atoms. The van der Waals surface area contributed by atoms with Gasteiger partial charge in [-0.3, -0.25) is 4.79 Å². The van der Waals surface area contributed by atoms with Gasteiger partial charge in [0.15, 0.2) is 8.32 Å². The first-order valence-corrected chi connectivity index (χ1v) is 13.1. The Morgan fingerprint density at radius 1 is 1.30 bits per heavy atom. The number of hydrogen-bond donors (Lipinski definition) is 2. The lowest BCUT2D eigenvalue weighted by Crippen LogP contribution is -2.42. The molecule has 0 aliphatic heterocycles. The summed E-state index contributed by atoms with van der Waals surface area (Å²) in [4.78, 5) is 15.6. The molecule has 1 amide bonds. The van der Waals surface area contributed by atoms with Gasteiger partial charge in [0.05, 0.1) is 24.5 Å². The molecule has 1 aromatic carbocycles. The molecule has 3 aromatic rings. The van der Waals surface area contributed by atoms with Crippen molar-refractivity contribution < 1.29 is 14.3 Å². The average molecular weight is 429 g/mol. The number of phenolic OH excluding ortho intramolecular Hbond substituents is 1. The van der Waals surface area contributed by atoms with E-state index >= 15 is 0 Å². The van der Waals surface area contributed by atoms with Gasteiger partial charge < -0.3 is 24.4 Å². The highest BCUT2D eigenvalue weighted by molar-refractivity contribution is 6.74. The van der Waals surface area contributed by atoms with Crippen molar-refractivity contribution in [3.8, 4) is 5.75 Å². The maximum Gasteiger partial charge on any atom is 0.268 e. The smallest absolute Gasteiger partial charge is 0.268 e. The summed E-state index contributed by atoms with van der Waals surface area (Å²) < 4.78 is 10.5. The lowest BCUT2D eigenvalue weighted by molar-refractivity contribution is 0.0995. The Balaban J connectivity index is 1.81. The molecular weight excluding hydrogens is 396 g/mol. The number of nitrogens with two attached hydrogens (primary N) is 1. The van der Waals surface area contributed by atoms with Crippen LogP contribution in [0.25, 0.3) is 10.9 Å². The molecule has 0 bridgehead atoms. The van der Waals surface area contributed by atoms with E-state index in [0.29, 0.717) is 6.61 Å². The zero-order chi connectivity index (χ0) is 22.1. The molecule has 0 radical (unpaired) electrons. The van der Waals surface area contributed by atoms with Crippen LogP contribution in [0, 0.1) is 0 Å². The summed E-state index contributed by atoms with van der Waals surface area (Å²) in [5.74, 6) is -0.286. The molecule has 2 aromatic heterocycles. The normalized spacial score (nSPS) is 13.6. The van der Waals surface area contributed by atoms with E-state index in [1.165, 1.54) is 0 Å². The van der Waals surface area contributed by atoms with E-state index < -0.39 is 14.2 Å². The second kappa shape index (κ2) is 8.27. The van der Waals surface area contributed by atoms with E-state index in [1.807, 2.05) is 22.9 Å². The Labute approximate surface area is 178 Å². The molecule has 3 rings (SSSR count). The second-order valence-electron chi connectivity index (χ2n) is 9.34. The van der Waals surface area contributed by atoms with Crippen molar-refractivity contribution >= 4 is 25.1 Å². The number of aromatic nitrogens is 3. The molecule has 162 valence electrons. The number of carbonyl (C=O) groups excluding carboxylic acids is 1. The van der Waals surface area contributed by atoms with Crippen molar-refractivity contribution in [1.29, 1.82) is 0 Å². The summed E-state index contributed by atoms with van der Waals surface area (Å²) in [5.41, 5.74) is 6.63. The zero-order valence-electron chi connectivity index (χ0n) is 18.4. The monoisotopic (exact) mass is 428 g/mol. The van der Waals surface area contributed by atoms with E-state index in [1.54, 1.807) is 24.7 Å². The lowest BCUT2D eigenvalue weighted by atomic mass is 10.2. The van der Waals surface area contributed by atoms with Crippen LogP contribution in [-0.2, 0) is 11.0 Å². The van der Waals surface area contributed by atoms with Gasteiger partial charge in [0, 0.05) is 25.0 Å². The summed E-state index contributed by atoms with van der Waals surface area (Å²) in [6, 6.07) is 7.43. The highest BCUT2D eigenvalue weighted by Gasteiger charge is 2.37. The summed E-state index contributed by atoms with van der Waals surface area (Å²) in [7, 11) is -1.93. The van der Waals surface area contributed by atoms with Crippen LogP contribution in [0.1, 0.15) is 43.7 Å². The van der Waals surface area contributed by atoms with Crippen molar-refractivity contribution in [2.24, 2.45) is 5.73 Å². The first-order chi connectivity index (χ1) is 14.0. The number of carbonyl (C=O) groups is 1. The number of phenols is 1. The van der Waals surface area contributed by atoms with Gasteiger partial charge in [-0.1, -0.05) is 20.8 Å². The Morgan fingerprint density at radius 2 is 2.03 bits per heavy atom. The van der Waals surface area contributed by atoms with Gasteiger partial charge in [-0.2, -0.15) is 0 Å². The number of aromatic hydroxyl groups is 1. The standard InChI is InChI=1S/C22H32N4O3Si/c1-22(2,3)30(4,5)29-14-17(26-13-19(21(23)28)24-15-26)9-11-25-10-8-16-6-7-18(27)12-20(16)25/h6-8,10,12-13,15,17,27H,9,11,14H2,1-5H3,(H2,23,28)/t17-/m1/s1. The van der Waals surface area contributed by atoms with Crippen molar-refractivity contribution in [1.82, 2.24) is 14.1 Å².